The maximum Gasteiger partial charge on any atom is 0.140 e. The standard InChI is InChI=1S/C9H8N4S/c10-9(14)7-2-1-5-13(7)8-3-4-11-6-12-8/h1-6H,(H2,10,14). The minimum atomic E-state index is 0.355. The zero-order valence-corrected chi connectivity index (χ0v) is 8.11. The molecule has 0 radical (unpaired) electrons. The molecule has 2 aromatic heterocycles. The molecular weight excluding hydrogens is 196 g/mol. The normalized spacial score (nSPS) is 10.0. The molecule has 14 heavy (non-hydrogen) atoms. The van der Waals surface area contributed by atoms with E-state index in [1.165, 1.54) is 6.33 Å². The average molecular weight is 204 g/mol. The third-order valence-electron chi connectivity index (χ3n) is 1.81. The number of thiocarbonyl (C=S) groups is 1. The first-order valence-corrected chi connectivity index (χ1v) is 4.43. The summed E-state index contributed by atoms with van der Waals surface area (Å²) in [7, 11) is 0. The largest absolute Gasteiger partial charge is 0.388 e. The van der Waals surface area contributed by atoms with Crippen LogP contribution in [0.4, 0.5) is 0 Å². The van der Waals surface area contributed by atoms with Crippen molar-refractivity contribution in [1.82, 2.24) is 14.5 Å². The summed E-state index contributed by atoms with van der Waals surface area (Å²) in [5.41, 5.74) is 6.34. The van der Waals surface area contributed by atoms with E-state index in [1.54, 1.807) is 12.3 Å². The van der Waals surface area contributed by atoms with Gasteiger partial charge in [-0.1, -0.05) is 12.2 Å². The van der Waals surface area contributed by atoms with E-state index in [4.69, 9.17) is 18.0 Å². The van der Waals surface area contributed by atoms with E-state index in [1.807, 2.05) is 22.9 Å². The van der Waals surface area contributed by atoms with Crippen molar-refractivity contribution in [3.63, 3.8) is 0 Å². The predicted octanol–water partition coefficient (Wildman–Crippen LogP) is 0.901. The van der Waals surface area contributed by atoms with Crippen molar-refractivity contribution < 1.29 is 0 Å². The van der Waals surface area contributed by atoms with Crippen LogP contribution in [0.15, 0.2) is 36.9 Å². The van der Waals surface area contributed by atoms with Crippen LogP contribution >= 0.6 is 12.2 Å². The average Bonchev–Trinajstić information content (AvgIpc) is 2.67. The molecule has 0 saturated carbocycles. The zero-order chi connectivity index (χ0) is 9.97. The van der Waals surface area contributed by atoms with E-state index < -0.39 is 0 Å². The second kappa shape index (κ2) is 3.55. The molecule has 2 N–H and O–H groups in total. The zero-order valence-electron chi connectivity index (χ0n) is 7.29. The van der Waals surface area contributed by atoms with Crippen LogP contribution in [0.25, 0.3) is 5.82 Å². The first kappa shape index (κ1) is 8.83. The molecular formula is C9H8N4S. The highest BCUT2D eigenvalue weighted by Gasteiger charge is 2.05. The fraction of sp³-hybridized carbons (Fsp3) is 0. The van der Waals surface area contributed by atoms with Gasteiger partial charge in [0.25, 0.3) is 0 Å². The molecule has 0 aromatic carbocycles. The minimum Gasteiger partial charge on any atom is -0.388 e. The van der Waals surface area contributed by atoms with Gasteiger partial charge in [-0.15, -0.1) is 0 Å². The highest BCUT2D eigenvalue weighted by molar-refractivity contribution is 7.80. The Hall–Kier alpha value is -1.75. The Morgan fingerprint density at radius 2 is 2.29 bits per heavy atom. The summed E-state index contributed by atoms with van der Waals surface area (Å²) in [6.07, 6.45) is 5.02. The molecule has 0 saturated heterocycles. The smallest absolute Gasteiger partial charge is 0.140 e. The molecule has 0 aliphatic heterocycles. The third-order valence-corrected chi connectivity index (χ3v) is 2.02. The highest BCUT2D eigenvalue weighted by Crippen LogP contribution is 2.08. The topological polar surface area (TPSA) is 56.7 Å². The lowest BCUT2D eigenvalue weighted by atomic mass is 10.4. The quantitative estimate of drug-likeness (QED) is 0.738. The van der Waals surface area contributed by atoms with Gasteiger partial charge in [0.15, 0.2) is 0 Å². The molecule has 0 aliphatic carbocycles. The monoisotopic (exact) mass is 204 g/mol. The maximum absolute atomic E-state index is 5.56. The van der Waals surface area contributed by atoms with Gasteiger partial charge in [-0.2, -0.15) is 0 Å². The molecule has 0 amide bonds. The van der Waals surface area contributed by atoms with Crippen molar-refractivity contribution in [2.24, 2.45) is 5.73 Å². The van der Waals surface area contributed by atoms with Crippen LogP contribution in [-0.4, -0.2) is 19.5 Å². The van der Waals surface area contributed by atoms with Gasteiger partial charge in [0.1, 0.15) is 17.1 Å². The lowest BCUT2D eigenvalue weighted by molar-refractivity contribution is 0.973. The summed E-state index contributed by atoms with van der Waals surface area (Å²) in [6.45, 7) is 0. The number of nitrogens with two attached hydrogens (primary N) is 1. The summed E-state index contributed by atoms with van der Waals surface area (Å²) in [5.74, 6) is 0.757. The Morgan fingerprint density at radius 3 is 2.93 bits per heavy atom. The van der Waals surface area contributed by atoms with E-state index in [0.717, 1.165) is 11.5 Å². The van der Waals surface area contributed by atoms with Crippen molar-refractivity contribution in [3.05, 3.63) is 42.6 Å². The third kappa shape index (κ3) is 1.49. The number of hydrogen-bond acceptors (Lipinski definition) is 3. The first-order valence-electron chi connectivity index (χ1n) is 4.02. The van der Waals surface area contributed by atoms with Crippen molar-refractivity contribution in [3.8, 4) is 5.82 Å². The van der Waals surface area contributed by atoms with Gasteiger partial charge in [-0.05, 0) is 18.2 Å². The van der Waals surface area contributed by atoms with Gasteiger partial charge < -0.3 is 5.73 Å². The van der Waals surface area contributed by atoms with E-state index in [9.17, 15) is 0 Å². The molecule has 0 atom stereocenters. The summed E-state index contributed by atoms with van der Waals surface area (Å²) < 4.78 is 1.82. The van der Waals surface area contributed by atoms with Crippen molar-refractivity contribution in [1.29, 1.82) is 0 Å². The van der Waals surface area contributed by atoms with Gasteiger partial charge in [-0.3, -0.25) is 4.57 Å². The Labute approximate surface area is 86.4 Å². The summed E-state index contributed by atoms with van der Waals surface area (Å²) in [4.78, 5) is 8.30. The summed E-state index contributed by atoms with van der Waals surface area (Å²) in [6, 6.07) is 5.52. The maximum atomic E-state index is 5.56. The molecule has 0 spiro atoms. The number of hydrogen-bond donors (Lipinski definition) is 1. The van der Waals surface area contributed by atoms with Crippen LogP contribution in [0.3, 0.4) is 0 Å². The van der Waals surface area contributed by atoms with Crippen LogP contribution in [0.1, 0.15) is 5.69 Å². The van der Waals surface area contributed by atoms with Crippen LogP contribution in [-0.2, 0) is 0 Å². The predicted molar refractivity (Wildman–Crippen MR) is 57.2 cm³/mol. The van der Waals surface area contributed by atoms with E-state index in [2.05, 4.69) is 9.97 Å². The van der Waals surface area contributed by atoms with Crippen LogP contribution in [0, 0.1) is 0 Å². The van der Waals surface area contributed by atoms with Gasteiger partial charge in [0, 0.05) is 12.4 Å². The second-order valence-electron chi connectivity index (χ2n) is 2.70. The summed E-state index contributed by atoms with van der Waals surface area (Å²) >= 11 is 4.92. The van der Waals surface area contributed by atoms with Gasteiger partial charge in [0.05, 0.1) is 5.69 Å². The molecule has 2 aromatic rings. The number of nitrogens with zero attached hydrogens (tertiary/aromatic N) is 3. The Morgan fingerprint density at radius 1 is 1.43 bits per heavy atom. The molecule has 5 heteroatoms. The fourth-order valence-electron chi connectivity index (χ4n) is 1.21. The van der Waals surface area contributed by atoms with Crippen molar-refractivity contribution >= 4 is 17.2 Å². The lowest BCUT2D eigenvalue weighted by Crippen LogP contribution is -2.14. The highest BCUT2D eigenvalue weighted by atomic mass is 32.1. The number of aromatic nitrogens is 3. The van der Waals surface area contributed by atoms with Crippen molar-refractivity contribution in [2.45, 2.75) is 0 Å². The van der Waals surface area contributed by atoms with Crippen LogP contribution in [0.5, 0.6) is 0 Å². The van der Waals surface area contributed by atoms with Crippen LogP contribution < -0.4 is 5.73 Å². The SMILES string of the molecule is NC(=S)c1cccn1-c1ccncn1. The molecule has 70 valence electrons. The Balaban J connectivity index is 2.52. The van der Waals surface area contributed by atoms with E-state index in [0.29, 0.717) is 4.99 Å². The van der Waals surface area contributed by atoms with Crippen molar-refractivity contribution in [2.75, 3.05) is 0 Å². The van der Waals surface area contributed by atoms with E-state index in [-0.39, 0.29) is 0 Å². The summed E-state index contributed by atoms with van der Waals surface area (Å²) in [5, 5.41) is 0. The fourth-order valence-corrected chi connectivity index (χ4v) is 1.37. The van der Waals surface area contributed by atoms with Gasteiger partial charge in [-0.25, -0.2) is 9.97 Å². The van der Waals surface area contributed by atoms with Crippen LogP contribution in [0.2, 0.25) is 0 Å². The second-order valence-corrected chi connectivity index (χ2v) is 3.14. The minimum absolute atomic E-state index is 0.355. The molecule has 4 nitrogen and oxygen atoms in total. The first-order chi connectivity index (χ1) is 6.79. The molecule has 2 heterocycles. The number of rotatable bonds is 2. The Kier molecular flexibility index (Phi) is 2.24. The molecule has 0 unspecified atom stereocenters. The van der Waals surface area contributed by atoms with E-state index >= 15 is 0 Å². The molecule has 2 rings (SSSR count). The molecule has 0 bridgehead atoms. The lowest BCUT2D eigenvalue weighted by Gasteiger charge is -2.05. The Bertz CT molecular complexity index is 449. The van der Waals surface area contributed by atoms with Gasteiger partial charge in [0.2, 0.25) is 0 Å². The molecule has 0 aliphatic rings. The molecule has 0 fully saturated rings. The van der Waals surface area contributed by atoms with Gasteiger partial charge >= 0.3 is 0 Å².